The van der Waals surface area contributed by atoms with Crippen LogP contribution in [-0.4, -0.2) is 31.3 Å². The number of aryl methyl sites for hydroxylation is 2. The van der Waals surface area contributed by atoms with Crippen molar-refractivity contribution in [2.75, 3.05) is 31.1 Å². The molecule has 5 nitrogen and oxygen atoms in total. The summed E-state index contributed by atoms with van der Waals surface area (Å²) >= 11 is 0. The number of hydrogen-bond acceptors (Lipinski definition) is 4. The molecule has 1 aromatic heterocycles. The van der Waals surface area contributed by atoms with E-state index in [2.05, 4.69) is 36.1 Å². The maximum Gasteiger partial charge on any atom is 0.336 e. The van der Waals surface area contributed by atoms with Gasteiger partial charge in [0.05, 0.1) is 26.2 Å². The molecule has 28 heavy (non-hydrogen) atoms. The summed E-state index contributed by atoms with van der Waals surface area (Å²) in [6.07, 6.45) is 0.738. The zero-order valence-electron chi connectivity index (χ0n) is 16.5. The van der Waals surface area contributed by atoms with Crippen molar-refractivity contribution in [3.8, 4) is 5.75 Å². The van der Waals surface area contributed by atoms with E-state index in [4.69, 9.17) is 4.42 Å². The summed E-state index contributed by atoms with van der Waals surface area (Å²) in [4.78, 5) is 15.9. The Labute approximate surface area is 164 Å². The normalized spacial score (nSPS) is 15.3. The summed E-state index contributed by atoms with van der Waals surface area (Å²) in [6, 6.07) is 13.7. The summed E-state index contributed by atoms with van der Waals surface area (Å²) < 4.78 is 5.33. The van der Waals surface area contributed by atoms with E-state index in [0.717, 1.165) is 55.7 Å². The van der Waals surface area contributed by atoms with E-state index in [1.807, 2.05) is 13.0 Å². The zero-order chi connectivity index (χ0) is 19.7. The van der Waals surface area contributed by atoms with Crippen LogP contribution in [0, 0.1) is 6.92 Å². The summed E-state index contributed by atoms with van der Waals surface area (Å²) in [5.74, 6) is 0.189. The highest BCUT2D eigenvalue weighted by Gasteiger charge is 2.22. The second-order valence-electron chi connectivity index (χ2n) is 7.62. The van der Waals surface area contributed by atoms with Crippen LogP contribution in [-0.2, 0) is 13.0 Å². The molecule has 0 saturated carbocycles. The zero-order valence-corrected chi connectivity index (χ0v) is 16.5. The number of hydrogen-bond donors (Lipinski definition) is 2. The van der Waals surface area contributed by atoms with Gasteiger partial charge in [-0.3, -0.25) is 0 Å². The van der Waals surface area contributed by atoms with Crippen molar-refractivity contribution in [2.45, 2.75) is 26.8 Å². The first kappa shape index (κ1) is 18.6. The van der Waals surface area contributed by atoms with Gasteiger partial charge in [0.1, 0.15) is 17.9 Å². The number of fused-ring (bicyclic) bond motifs is 1. The number of piperazine rings is 1. The van der Waals surface area contributed by atoms with Crippen LogP contribution in [0.4, 0.5) is 5.69 Å². The number of aromatic hydroxyl groups is 1. The second kappa shape index (κ2) is 7.68. The van der Waals surface area contributed by atoms with Crippen LogP contribution in [0.3, 0.4) is 0 Å². The van der Waals surface area contributed by atoms with Crippen LogP contribution in [0.1, 0.15) is 23.6 Å². The minimum atomic E-state index is -0.357. The first-order valence-corrected chi connectivity index (χ1v) is 9.98. The monoisotopic (exact) mass is 379 g/mol. The van der Waals surface area contributed by atoms with Crippen molar-refractivity contribution in [1.29, 1.82) is 0 Å². The molecule has 1 fully saturated rings. The summed E-state index contributed by atoms with van der Waals surface area (Å²) in [5, 5.41) is 11.0. The van der Waals surface area contributed by atoms with Crippen molar-refractivity contribution < 1.29 is 14.4 Å². The predicted octanol–water partition coefficient (Wildman–Crippen LogP) is 2.27. The van der Waals surface area contributed by atoms with E-state index >= 15 is 0 Å². The van der Waals surface area contributed by atoms with Crippen LogP contribution in [0.15, 0.2) is 51.7 Å². The molecule has 0 aliphatic carbocycles. The van der Waals surface area contributed by atoms with Crippen molar-refractivity contribution in [2.24, 2.45) is 0 Å². The predicted molar refractivity (Wildman–Crippen MR) is 111 cm³/mol. The van der Waals surface area contributed by atoms with Crippen molar-refractivity contribution in [3.63, 3.8) is 0 Å². The number of para-hydroxylation sites is 1. The van der Waals surface area contributed by atoms with Gasteiger partial charge >= 0.3 is 5.63 Å². The standard InChI is InChI=1S/C23H26N2O3/c1-3-17-12-19-18(13-23(27)28-22(19)14-21(17)26)15-24-8-10-25(11-9-24)20-7-5-4-6-16(20)2/h4-7,12-14,26H,3,8-11,15H2,1-2H3/p+1. The van der Waals surface area contributed by atoms with Crippen molar-refractivity contribution in [3.05, 3.63) is 69.6 Å². The number of phenols is 1. The third-order valence-corrected chi connectivity index (χ3v) is 5.78. The molecule has 5 heteroatoms. The molecular weight excluding hydrogens is 352 g/mol. The maximum atomic E-state index is 12.0. The van der Waals surface area contributed by atoms with E-state index in [1.54, 1.807) is 12.1 Å². The molecule has 1 saturated heterocycles. The van der Waals surface area contributed by atoms with Gasteiger partial charge in [0.15, 0.2) is 0 Å². The van der Waals surface area contributed by atoms with E-state index in [1.165, 1.54) is 16.2 Å². The van der Waals surface area contributed by atoms with Gasteiger partial charge in [-0.05, 0) is 36.6 Å². The highest BCUT2D eigenvalue weighted by molar-refractivity contribution is 5.82. The number of nitrogens with zero attached hydrogens (tertiary/aromatic N) is 1. The van der Waals surface area contributed by atoms with Gasteiger partial charge in [0.2, 0.25) is 0 Å². The van der Waals surface area contributed by atoms with E-state index in [9.17, 15) is 9.90 Å². The maximum absolute atomic E-state index is 12.0. The number of phenolic OH excluding ortho intramolecular Hbond substituents is 1. The topological polar surface area (TPSA) is 58.1 Å². The molecule has 2 N–H and O–H groups in total. The Bertz CT molecular complexity index is 1050. The van der Waals surface area contributed by atoms with Crippen LogP contribution < -0.4 is 15.4 Å². The molecule has 0 spiro atoms. The van der Waals surface area contributed by atoms with Gasteiger partial charge in [-0.15, -0.1) is 0 Å². The lowest BCUT2D eigenvalue weighted by Crippen LogP contribution is -3.13. The van der Waals surface area contributed by atoms with E-state index < -0.39 is 0 Å². The molecule has 0 atom stereocenters. The molecule has 0 amide bonds. The molecule has 1 aliphatic rings. The van der Waals surface area contributed by atoms with Gasteiger partial charge in [-0.25, -0.2) is 4.79 Å². The molecule has 2 aromatic carbocycles. The Morgan fingerprint density at radius 3 is 2.57 bits per heavy atom. The smallest absolute Gasteiger partial charge is 0.336 e. The fourth-order valence-electron chi connectivity index (χ4n) is 4.16. The van der Waals surface area contributed by atoms with Gasteiger partial charge in [-0.1, -0.05) is 25.1 Å². The number of rotatable bonds is 4. The third kappa shape index (κ3) is 3.62. The minimum absolute atomic E-state index is 0.189. The van der Waals surface area contributed by atoms with Gasteiger partial charge in [0, 0.05) is 28.8 Å². The molecular formula is C23H27N2O3+. The summed E-state index contributed by atoms with van der Waals surface area (Å²) in [5.41, 5.74) is 4.61. The molecule has 3 aromatic rings. The van der Waals surface area contributed by atoms with E-state index in [0.29, 0.717) is 5.58 Å². The van der Waals surface area contributed by atoms with Crippen molar-refractivity contribution >= 4 is 16.7 Å². The molecule has 2 heterocycles. The second-order valence-corrected chi connectivity index (χ2v) is 7.62. The van der Waals surface area contributed by atoms with Gasteiger partial charge in [0.25, 0.3) is 0 Å². The number of quaternary nitrogens is 1. The molecule has 1 aliphatic heterocycles. The average molecular weight is 379 g/mol. The van der Waals surface area contributed by atoms with Crippen LogP contribution in [0.2, 0.25) is 0 Å². The first-order chi connectivity index (χ1) is 13.5. The fraction of sp³-hybridized carbons (Fsp3) is 0.348. The Kier molecular flexibility index (Phi) is 5.09. The fourth-order valence-corrected chi connectivity index (χ4v) is 4.16. The van der Waals surface area contributed by atoms with Gasteiger partial charge < -0.3 is 19.3 Å². The first-order valence-electron chi connectivity index (χ1n) is 9.98. The largest absolute Gasteiger partial charge is 0.508 e. The highest BCUT2D eigenvalue weighted by Crippen LogP contribution is 2.26. The molecule has 4 rings (SSSR count). The Hall–Kier alpha value is -2.79. The van der Waals surface area contributed by atoms with E-state index in [-0.39, 0.29) is 11.4 Å². The third-order valence-electron chi connectivity index (χ3n) is 5.78. The number of nitrogens with one attached hydrogen (secondary N) is 1. The summed E-state index contributed by atoms with van der Waals surface area (Å²) in [7, 11) is 0. The van der Waals surface area contributed by atoms with Crippen molar-refractivity contribution in [1.82, 2.24) is 0 Å². The van der Waals surface area contributed by atoms with Crippen LogP contribution in [0.25, 0.3) is 11.0 Å². The molecule has 146 valence electrons. The summed E-state index contributed by atoms with van der Waals surface area (Å²) in [6.45, 7) is 9.00. The number of benzene rings is 2. The molecule has 0 bridgehead atoms. The lowest BCUT2D eigenvalue weighted by molar-refractivity contribution is -0.914. The van der Waals surface area contributed by atoms with Gasteiger partial charge in [-0.2, -0.15) is 0 Å². The minimum Gasteiger partial charge on any atom is -0.508 e. The SMILES string of the molecule is CCc1cc2c(C[NH+]3CCN(c4ccccc4C)CC3)cc(=O)oc2cc1O. The van der Waals surface area contributed by atoms with Crippen LogP contribution >= 0.6 is 0 Å². The molecule has 0 unspecified atom stereocenters. The lowest BCUT2D eigenvalue weighted by atomic mass is 10.0. The Balaban J connectivity index is 1.54. The molecule has 0 radical (unpaired) electrons. The van der Waals surface area contributed by atoms with Crippen LogP contribution in [0.5, 0.6) is 5.75 Å². The Morgan fingerprint density at radius 2 is 1.86 bits per heavy atom. The number of anilines is 1. The average Bonchev–Trinajstić information content (AvgIpc) is 2.68. The quantitative estimate of drug-likeness (QED) is 0.683. The highest BCUT2D eigenvalue weighted by atomic mass is 16.4. The Morgan fingerprint density at radius 1 is 1.11 bits per heavy atom. The lowest BCUT2D eigenvalue weighted by Gasteiger charge is -2.34.